The van der Waals surface area contributed by atoms with Crippen LogP contribution in [0.15, 0.2) is 6.07 Å². The second-order valence-electron chi connectivity index (χ2n) is 4.71. The molecule has 0 aliphatic carbocycles. The highest BCUT2D eigenvalue weighted by atomic mass is 32.2. The predicted molar refractivity (Wildman–Crippen MR) is 75.0 cm³/mol. The standard InChI is InChI=1S/C12H21N3O4S/c1-10-9-11(2)15(14-10)7-4-6-13-20(18,19)8-3-5-12(16)17/h9,13H,3-8H2,1-2H3,(H,16,17). The molecule has 0 aliphatic heterocycles. The fourth-order valence-corrected chi connectivity index (χ4v) is 2.97. The molecule has 0 aromatic carbocycles. The second-order valence-corrected chi connectivity index (χ2v) is 6.64. The van der Waals surface area contributed by atoms with Gasteiger partial charge in [-0.25, -0.2) is 13.1 Å². The van der Waals surface area contributed by atoms with E-state index in [0.29, 0.717) is 19.5 Å². The van der Waals surface area contributed by atoms with Crippen LogP contribution >= 0.6 is 0 Å². The van der Waals surface area contributed by atoms with Crippen molar-refractivity contribution < 1.29 is 18.3 Å². The van der Waals surface area contributed by atoms with E-state index in [4.69, 9.17) is 5.11 Å². The van der Waals surface area contributed by atoms with E-state index in [9.17, 15) is 13.2 Å². The summed E-state index contributed by atoms with van der Waals surface area (Å²) in [5, 5.41) is 12.7. The lowest BCUT2D eigenvalue weighted by Gasteiger charge is -2.07. The number of carbonyl (C=O) groups is 1. The van der Waals surface area contributed by atoms with Crippen molar-refractivity contribution in [3.05, 3.63) is 17.5 Å². The van der Waals surface area contributed by atoms with Crippen LogP contribution in [-0.2, 0) is 21.4 Å². The highest BCUT2D eigenvalue weighted by Crippen LogP contribution is 2.02. The minimum Gasteiger partial charge on any atom is -0.481 e. The summed E-state index contributed by atoms with van der Waals surface area (Å²) in [6, 6.07) is 1.97. The molecule has 0 saturated carbocycles. The van der Waals surface area contributed by atoms with E-state index in [-0.39, 0.29) is 18.6 Å². The maximum absolute atomic E-state index is 11.6. The van der Waals surface area contributed by atoms with Gasteiger partial charge in [-0.3, -0.25) is 9.48 Å². The van der Waals surface area contributed by atoms with Crippen molar-refractivity contribution in [3.8, 4) is 0 Å². The number of carboxylic acid groups (broad SMARTS) is 1. The summed E-state index contributed by atoms with van der Waals surface area (Å²) >= 11 is 0. The van der Waals surface area contributed by atoms with Crippen molar-refractivity contribution in [2.45, 2.75) is 39.7 Å². The molecular weight excluding hydrogens is 282 g/mol. The van der Waals surface area contributed by atoms with E-state index in [0.717, 1.165) is 11.4 Å². The van der Waals surface area contributed by atoms with Gasteiger partial charge < -0.3 is 5.11 Å². The molecule has 8 heteroatoms. The molecule has 0 atom stereocenters. The Labute approximate surface area is 119 Å². The Balaban J connectivity index is 2.26. The van der Waals surface area contributed by atoms with Crippen molar-refractivity contribution in [2.24, 2.45) is 0 Å². The highest BCUT2D eigenvalue weighted by molar-refractivity contribution is 7.89. The molecular formula is C12H21N3O4S. The zero-order valence-electron chi connectivity index (χ0n) is 11.8. The molecule has 0 bridgehead atoms. The smallest absolute Gasteiger partial charge is 0.303 e. The van der Waals surface area contributed by atoms with Gasteiger partial charge in [0, 0.05) is 25.2 Å². The minimum atomic E-state index is -3.38. The van der Waals surface area contributed by atoms with Crippen LogP contribution < -0.4 is 4.72 Å². The number of hydrogen-bond donors (Lipinski definition) is 2. The third kappa shape index (κ3) is 6.16. The Morgan fingerprint density at radius 2 is 2.10 bits per heavy atom. The third-order valence-electron chi connectivity index (χ3n) is 2.78. The van der Waals surface area contributed by atoms with Crippen LogP contribution in [0.5, 0.6) is 0 Å². The van der Waals surface area contributed by atoms with E-state index in [1.807, 2.05) is 24.6 Å². The monoisotopic (exact) mass is 303 g/mol. The molecule has 7 nitrogen and oxygen atoms in total. The molecule has 0 radical (unpaired) electrons. The predicted octanol–water partition coefficient (Wildman–Crippen LogP) is 0.674. The van der Waals surface area contributed by atoms with Gasteiger partial charge in [0.15, 0.2) is 0 Å². The van der Waals surface area contributed by atoms with E-state index >= 15 is 0 Å². The molecule has 20 heavy (non-hydrogen) atoms. The Hall–Kier alpha value is -1.41. The molecule has 2 N–H and O–H groups in total. The lowest BCUT2D eigenvalue weighted by Crippen LogP contribution is -2.28. The average molecular weight is 303 g/mol. The molecule has 1 aromatic rings. The van der Waals surface area contributed by atoms with E-state index in [2.05, 4.69) is 9.82 Å². The lowest BCUT2D eigenvalue weighted by atomic mass is 10.3. The van der Waals surface area contributed by atoms with Gasteiger partial charge >= 0.3 is 5.97 Å². The summed E-state index contributed by atoms with van der Waals surface area (Å²) in [4.78, 5) is 10.3. The molecule has 0 unspecified atom stereocenters. The topological polar surface area (TPSA) is 101 Å². The largest absolute Gasteiger partial charge is 0.481 e. The van der Waals surface area contributed by atoms with Crippen molar-refractivity contribution >= 4 is 16.0 Å². The first-order chi connectivity index (χ1) is 9.30. The van der Waals surface area contributed by atoms with Crippen LogP contribution in [0.3, 0.4) is 0 Å². The summed E-state index contributed by atoms with van der Waals surface area (Å²) < 4.78 is 27.4. The zero-order chi connectivity index (χ0) is 15.2. The summed E-state index contributed by atoms with van der Waals surface area (Å²) in [5.41, 5.74) is 1.99. The first-order valence-corrected chi connectivity index (χ1v) is 8.15. The number of nitrogens with zero attached hydrogens (tertiary/aromatic N) is 2. The van der Waals surface area contributed by atoms with Gasteiger partial charge in [-0.15, -0.1) is 0 Å². The molecule has 0 fully saturated rings. The number of nitrogens with one attached hydrogen (secondary N) is 1. The second kappa shape index (κ2) is 7.39. The number of aryl methyl sites for hydroxylation is 3. The van der Waals surface area contributed by atoms with Crippen LogP contribution in [0.25, 0.3) is 0 Å². The zero-order valence-corrected chi connectivity index (χ0v) is 12.6. The van der Waals surface area contributed by atoms with Gasteiger partial charge in [0.05, 0.1) is 11.4 Å². The van der Waals surface area contributed by atoms with Gasteiger partial charge in [-0.2, -0.15) is 5.10 Å². The maximum atomic E-state index is 11.6. The molecule has 114 valence electrons. The van der Waals surface area contributed by atoms with Gasteiger partial charge in [0.2, 0.25) is 10.0 Å². The number of aliphatic carboxylic acids is 1. The number of sulfonamides is 1. The van der Waals surface area contributed by atoms with E-state index in [1.165, 1.54) is 0 Å². The maximum Gasteiger partial charge on any atom is 0.303 e. The number of hydrogen-bond acceptors (Lipinski definition) is 4. The van der Waals surface area contributed by atoms with Crippen LogP contribution in [0.2, 0.25) is 0 Å². The van der Waals surface area contributed by atoms with Crippen LogP contribution in [-0.4, -0.2) is 41.6 Å². The third-order valence-corrected chi connectivity index (χ3v) is 4.25. The average Bonchev–Trinajstić information content (AvgIpc) is 2.62. The van der Waals surface area contributed by atoms with Crippen LogP contribution in [0.4, 0.5) is 0 Å². The molecule has 1 rings (SSSR count). The van der Waals surface area contributed by atoms with Crippen LogP contribution in [0, 0.1) is 13.8 Å². The van der Waals surface area contributed by atoms with Gasteiger partial charge in [0.1, 0.15) is 0 Å². The van der Waals surface area contributed by atoms with E-state index in [1.54, 1.807) is 0 Å². The van der Waals surface area contributed by atoms with Crippen molar-refractivity contribution in [1.29, 1.82) is 0 Å². The Morgan fingerprint density at radius 3 is 2.65 bits per heavy atom. The van der Waals surface area contributed by atoms with Gasteiger partial charge in [0.25, 0.3) is 0 Å². The van der Waals surface area contributed by atoms with E-state index < -0.39 is 16.0 Å². The van der Waals surface area contributed by atoms with Crippen LogP contribution in [0.1, 0.15) is 30.7 Å². The summed E-state index contributed by atoms with van der Waals surface area (Å²) in [6.45, 7) is 4.84. The normalized spacial score (nSPS) is 11.7. The summed E-state index contributed by atoms with van der Waals surface area (Å²) in [5.74, 6) is -1.14. The molecule has 1 aromatic heterocycles. The fraction of sp³-hybridized carbons (Fsp3) is 0.667. The quantitative estimate of drug-likeness (QED) is 0.653. The number of carboxylic acids is 1. The summed E-state index contributed by atoms with van der Waals surface area (Å²) in [6.07, 6.45) is 0.634. The molecule has 0 spiro atoms. The Bertz CT molecular complexity index is 551. The van der Waals surface area contributed by atoms with Crippen molar-refractivity contribution in [1.82, 2.24) is 14.5 Å². The fourth-order valence-electron chi connectivity index (χ4n) is 1.84. The van der Waals surface area contributed by atoms with Gasteiger partial charge in [-0.1, -0.05) is 0 Å². The summed E-state index contributed by atoms with van der Waals surface area (Å²) in [7, 11) is -3.38. The Kier molecular flexibility index (Phi) is 6.15. The highest BCUT2D eigenvalue weighted by Gasteiger charge is 2.10. The minimum absolute atomic E-state index is 0.127. The molecule has 0 amide bonds. The van der Waals surface area contributed by atoms with Crippen molar-refractivity contribution in [3.63, 3.8) is 0 Å². The van der Waals surface area contributed by atoms with Crippen molar-refractivity contribution in [2.75, 3.05) is 12.3 Å². The number of rotatable bonds is 9. The SMILES string of the molecule is Cc1cc(C)n(CCCNS(=O)(=O)CCCC(=O)O)n1. The van der Waals surface area contributed by atoms with Gasteiger partial charge in [-0.05, 0) is 32.8 Å². The first kappa shape index (κ1) is 16.6. The first-order valence-electron chi connectivity index (χ1n) is 6.50. The molecule has 0 aliphatic rings. The lowest BCUT2D eigenvalue weighted by molar-refractivity contribution is -0.137. The molecule has 0 saturated heterocycles. The Morgan fingerprint density at radius 1 is 1.40 bits per heavy atom. The molecule has 1 heterocycles. The number of aromatic nitrogens is 2.